The van der Waals surface area contributed by atoms with Gasteiger partial charge < -0.3 is 4.74 Å². The lowest BCUT2D eigenvalue weighted by Crippen LogP contribution is -2.53. The van der Waals surface area contributed by atoms with Crippen LogP contribution < -0.4 is 0 Å². The Morgan fingerprint density at radius 1 is 1.20 bits per heavy atom. The summed E-state index contributed by atoms with van der Waals surface area (Å²) in [7, 11) is 0. The molecule has 0 amide bonds. The summed E-state index contributed by atoms with van der Waals surface area (Å²) >= 11 is 0. The fourth-order valence-corrected chi connectivity index (χ4v) is 3.42. The SMILES string of the molecule is CCN1CC(F)(F)C2(CC(OCc3ccccc3)C2)C1. The van der Waals surface area contributed by atoms with Crippen molar-refractivity contribution in [3.8, 4) is 0 Å². The van der Waals surface area contributed by atoms with Crippen molar-refractivity contribution in [3.63, 3.8) is 0 Å². The lowest BCUT2D eigenvalue weighted by molar-refractivity contribution is -0.183. The Balaban J connectivity index is 1.53. The van der Waals surface area contributed by atoms with Crippen molar-refractivity contribution in [1.82, 2.24) is 4.90 Å². The zero-order chi connectivity index (χ0) is 14.2. The van der Waals surface area contributed by atoms with Gasteiger partial charge in [0.05, 0.1) is 24.7 Å². The summed E-state index contributed by atoms with van der Waals surface area (Å²) < 4.78 is 34.0. The standard InChI is InChI=1S/C16H21F2NO/c1-2-19-11-15(16(17,18)12-19)8-14(9-15)20-10-13-6-4-3-5-7-13/h3-7,14H,2,8-12H2,1H3. The molecule has 2 fully saturated rings. The average molecular weight is 281 g/mol. The summed E-state index contributed by atoms with van der Waals surface area (Å²) in [4.78, 5) is 1.85. The Morgan fingerprint density at radius 3 is 2.50 bits per heavy atom. The number of ether oxygens (including phenoxy) is 1. The van der Waals surface area contributed by atoms with E-state index in [2.05, 4.69) is 0 Å². The highest BCUT2D eigenvalue weighted by Gasteiger charge is 2.65. The molecule has 1 aromatic carbocycles. The third kappa shape index (κ3) is 2.35. The molecule has 0 bridgehead atoms. The molecule has 1 heterocycles. The molecule has 1 aliphatic carbocycles. The minimum atomic E-state index is -2.56. The molecule has 0 N–H and O–H groups in total. The highest BCUT2D eigenvalue weighted by atomic mass is 19.3. The van der Waals surface area contributed by atoms with Crippen molar-refractivity contribution in [3.05, 3.63) is 35.9 Å². The van der Waals surface area contributed by atoms with Crippen LogP contribution in [0.2, 0.25) is 0 Å². The van der Waals surface area contributed by atoms with Gasteiger partial charge in [-0.1, -0.05) is 37.3 Å². The molecular weight excluding hydrogens is 260 g/mol. The molecule has 0 atom stereocenters. The van der Waals surface area contributed by atoms with Crippen LogP contribution in [0, 0.1) is 5.41 Å². The van der Waals surface area contributed by atoms with Crippen LogP contribution >= 0.6 is 0 Å². The minimum absolute atomic E-state index is 0.0158. The summed E-state index contributed by atoms with van der Waals surface area (Å²) in [5, 5.41) is 0. The van der Waals surface area contributed by atoms with E-state index in [0.717, 1.165) is 5.56 Å². The van der Waals surface area contributed by atoms with E-state index in [9.17, 15) is 8.78 Å². The lowest BCUT2D eigenvalue weighted by Gasteiger charge is -2.47. The van der Waals surface area contributed by atoms with Gasteiger partial charge >= 0.3 is 0 Å². The summed E-state index contributed by atoms with van der Waals surface area (Å²) in [6.45, 7) is 3.59. The van der Waals surface area contributed by atoms with Crippen molar-refractivity contribution in [1.29, 1.82) is 0 Å². The Kier molecular flexibility index (Phi) is 3.55. The van der Waals surface area contributed by atoms with Crippen LogP contribution in [-0.4, -0.2) is 36.6 Å². The predicted molar refractivity (Wildman–Crippen MR) is 73.7 cm³/mol. The molecule has 0 unspecified atom stereocenters. The minimum Gasteiger partial charge on any atom is -0.373 e. The quantitative estimate of drug-likeness (QED) is 0.839. The third-order valence-corrected chi connectivity index (χ3v) is 4.74. The number of halogens is 2. The van der Waals surface area contributed by atoms with E-state index >= 15 is 0 Å². The maximum absolute atomic E-state index is 14.1. The summed E-state index contributed by atoms with van der Waals surface area (Å²) in [5.74, 6) is -2.56. The van der Waals surface area contributed by atoms with Crippen molar-refractivity contribution in [2.75, 3.05) is 19.6 Å². The predicted octanol–water partition coefficient (Wildman–Crippen LogP) is 3.32. The van der Waals surface area contributed by atoms with Crippen molar-refractivity contribution >= 4 is 0 Å². The fraction of sp³-hybridized carbons (Fsp3) is 0.625. The molecule has 2 aliphatic rings. The normalized spacial score (nSPS) is 32.5. The van der Waals surface area contributed by atoms with Crippen molar-refractivity contribution < 1.29 is 13.5 Å². The molecule has 1 saturated carbocycles. The van der Waals surface area contributed by atoms with Crippen LogP contribution in [0.3, 0.4) is 0 Å². The zero-order valence-electron chi connectivity index (χ0n) is 11.8. The molecule has 110 valence electrons. The number of rotatable bonds is 4. The topological polar surface area (TPSA) is 12.5 Å². The van der Waals surface area contributed by atoms with Crippen LogP contribution in [0.1, 0.15) is 25.3 Å². The fourth-order valence-electron chi connectivity index (χ4n) is 3.42. The van der Waals surface area contributed by atoms with Gasteiger partial charge in [-0.15, -0.1) is 0 Å². The molecule has 1 aliphatic heterocycles. The molecule has 0 aromatic heterocycles. The number of nitrogens with zero attached hydrogens (tertiary/aromatic N) is 1. The number of hydrogen-bond acceptors (Lipinski definition) is 2. The monoisotopic (exact) mass is 281 g/mol. The molecule has 20 heavy (non-hydrogen) atoms. The number of likely N-dealkylation sites (tertiary alicyclic amines) is 1. The first-order chi connectivity index (χ1) is 9.55. The van der Waals surface area contributed by atoms with E-state index in [1.165, 1.54) is 0 Å². The van der Waals surface area contributed by atoms with Crippen LogP contribution in [0.5, 0.6) is 0 Å². The molecule has 1 saturated heterocycles. The largest absolute Gasteiger partial charge is 0.373 e. The molecule has 1 spiro atoms. The van der Waals surface area contributed by atoms with Gasteiger partial charge in [0.25, 0.3) is 5.92 Å². The Labute approximate surface area is 118 Å². The second kappa shape index (κ2) is 5.08. The smallest absolute Gasteiger partial charge is 0.267 e. The van der Waals surface area contributed by atoms with E-state index in [1.54, 1.807) is 0 Å². The van der Waals surface area contributed by atoms with Gasteiger partial charge in [0.15, 0.2) is 0 Å². The van der Waals surface area contributed by atoms with Crippen LogP contribution in [-0.2, 0) is 11.3 Å². The molecule has 4 heteroatoms. The van der Waals surface area contributed by atoms with E-state index in [0.29, 0.717) is 32.5 Å². The molecule has 3 rings (SSSR count). The highest BCUT2D eigenvalue weighted by Crippen LogP contribution is 2.57. The number of hydrogen-bond donors (Lipinski definition) is 0. The number of alkyl halides is 2. The van der Waals surface area contributed by atoms with Gasteiger partial charge in [-0.05, 0) is 24.9 Å². The van der Waals surface area contributed by atoms with Gasteiger partial charge in [-0.25, -0.2) is 8.78 Å². The zero-order valence-corrected chi connectivity index (χ0v) is 11.8. The molecular formula is C16H21F2NO. The van der Waals surface area contributed by atoms with Crippen LogP contribution in [0.4, 0.5) is 8.78 Å². The van der Waals surface area contributed by atoms with Gasteiger partial charge in [0, 0.05) is 6.54 Å². The first-order valence-electron chi connectivity index (χ1n) is 7.30. The Morgan fingerprint density at radius 2 is 1.90 bits per heavy atom. The van der Waals surface area contributed by atoms with Crippen molar-refractivity contribution in [2.24, 2.45) is 5.41 Å². The number of benzene rings is 1. The van der Waals surface area contributed by atoms with Crippen molar-refractivity contribution in [2.45, 2.75) is 38.4 Å². The Bertz CT molecular complexity index is 457. The third-order valence-electron chi connectivity index (χ3n) is 4.74. The van der Waals surface area contributed by atoms with E-state index in [1.807, 2.05) is 42.2 Å². The van der Waals surface area contributed by atoms with E-state index in [-0.39, 0.29) is 12.6 Å². The summed E-state index contributed by atoms with van der Waals surface area (Å²) in [6, 6.07) is 9.88. The van der Waals surface area contributed by atoms with E-state index in [4.69, 9.17) is 4.74 Å². The maximum Gasteiger partial charge on any atom is 0.267 e. The molecule has 0 radical (unpaired) electrons. The van der Waals surface area contributed by atoms with Crippen LogP contribution in [0.25, 0.3) is 0 Å². The highest BCUT2D eigenvalue weighted by molar-refractivity contribution is 5.14. The van der Waals surface area contributed by atoms with Gasteiger partial charge in [0.1, 0.15) is 0 Å². The van der Waals surface area contributed by atoms with Gasteiger partial charge in [-0.2, -0.15) is 0 Å². The van der Waals surface area contributed by atoms with E-state index < -0.39 is 11.3 Å². The second-order valence-corrected chi connectivity index (χ2v) is 6.11. The van der Waals surface area contributed by atoms with Crippen LogP contribution in [0.15, 0.2) is 30.3 Å². The second-order valence-electron chi connectivity index (χ2n) is 6.11. The molecule has 2 nitrogen and oxygen atoms in total. The summed E-state index contributed by atoms with van der Waals surface area (Å²) in [5.41, 5.74) is 0.270. The first kappa shape index (κ1) is 14.0. The lowest BCUT2D eigenvalue weighted by atomic mass is 9.64. The average Bonchev–Trinajstić information content (AvgIpc) is 2.67. The molecule has 1 aromatic rings. The Hall–Kier alpha value is -1.00. The maximum atomic E-state index is 14.1. The van der Waals surface area contributed by atoms with Gasteiger partial charge in [-0.3, -0.25) is 4.90 Å². The van der Waals surface area contributed by atoms with Gasteiger partial charge in [0.2, 0.25) is 0 Å². The first-order valence-corrected chi connectivity index (χ1v) is 7.30. The summed E-state index contributed by atoms with van der Waals surface area (Å²) in [6.07, 6.45) is 0.963.